The fraction of sp³-hybridized carbons (Fsp3) is 1.00. The molecule has 0 bridgehead atoms. The predicted molar refractivity (Wildman–Crippen MR) is 225 cm³/mol. The average molecular weight is 1360 g/mol. The lowest BCUT2D eigenvalue weighted by Gasteiger charge is -2.42. The first-order valence-electron chi connectivity index (χ1n) is 24.8. The molecule has 0 aliphatic carbocycles. The van der Waals surface area contributed by atoms with Crippen molar-refractivity contribution in [2.75, 3.05) is 39.6 Å². The summed E-state index contributed by atoms with van der Waals surface area (Å²) < 4.78 is 490. The first-order chi connectivity index (χ1) is 37.8. The topological polar surface area (TPSA) is 100 Å². The van der Waals surface area contributed by atoms with Crippen LogP contribution in [0.15, 0.2) is 0 Å². The van der Waals surface area contributed by atoms with Crippen molar-refractivity contribution >= 4 is 7.82 Å². The van der Waals surface area contributed by atoms with Crippen LogP contribution in [0.5, 0.6) is 0 Å². The smallest absolute Gasteiger partial charge is 0.379 e. The highest BCUT2D eigenvalue weighted by atomic mass is 31.2. The van der Waals surface area contributed by atoms with Crippen LogP contribution in [-0.2, 0) is 23.1 Å². The molecule has 2 atom stereocenters. The summed E-state index contributed by atoms with van der Waals surface area (Å²) >= 11 is 0. The van der Waals surface area contributed by atoms with Gasteiger partial charge < -0.3 is 20.1 Å². The van der Waals surface area contributed by atoms with Gasteiger partial charge in [0, 0.05) is 32.6 Å². The van der Waals surface area contributed by atoms with E-state index in [1.54, 1.807) is 0 Å². The number of hydrogen-bond donors (Lipinski definition) is 2. The molecule has 0 rings (SSSR count). The summed E-state index contributed by atoms with van der Waals surface area (Å²) in [5.74, 6) is -113. The van der Waals surface area contributed by atoms with Crippen LogP contribution < -0.4 is 5.73 Å². The van der Waals surface area contributed by atoms with E-state index in [9.17, 15) is 159 Å². The van der Waals surface area contributed by atoms with E-state index < -0.39 is 161 Å². The van der Waals surface area contributed by atoms with Crippen molar-refractivity contribution in [3.8, 4) is 0 Å². The fourth-order valence-corrected chi connectivity index (χ4v) is 7.94. The quantitative estimate of drug-likeness (QED) is 0.0356. The lowest BCUT2D eigenvalue weighted by atomic mass is 9.87. The Morgan fingerprint density at radius 3 is 0.835 bits per heavy atom. The molecule has 0 aromatic rings. The monoisotopic (exact) mass is 1360 g/mol. The van der Waals surface area contributed by atoms with E-state index in [1.807, 2.05) is 0 Å². The lowest BCUT2D eigenvalue weighted by molar-refractivity contribution is -0.461. The number of unbranched alkanes of at least 4 members (excludes halogenated alkanes) is 16. The predicted octanol–water partition coefficient (Wildman–Crippen LogP) is 18.3. The average Bonchev–Trinajstić information content (AvgIpc) is 1.34. The molecular weight excluding hydrogens is 1300 g/mol. The van der Waals surface area contributed by atoms with Gasteiger partial charge in [-0.25, -0.2) is 4.57 Å². The van der Waals surface area contributed by atoms with Gasteiger partial charge in [0.1, 0.15) is 6.10 Å². The summed E-state index contributed by atoms with van der Waals surface area (Å²) in [4.78, 5) is 9.80. The lowest BCUT2D eigenvalue weighted by Crippen LogP contribution is -2.74. The van der Waals surface area contributed by atoms with Crippen molar-refractivity contribution in [2.45, 2.75) is 230 Å². The molecule has 1 unspecified atom stereocenters. The second-order valence-electron chi connectivity index (χ2n) is 19.1. The molecule has 0 amide bonds. The van der Waals surface area contributed by atoms with E-state index in [4.69, 9.17) is 19.7 Å². The molecule has 7 nitrogen and oxygen atoms in total. The third-order valence-corrected chi connectivity index (χ3v) is 13.4. The zero-order valence-electron chi connectivity index (χ0n) is 43.3. The summed E-state index contributed by atoms with van der Waals surface area (Å²) in [6.45, 7) is -1.44. The van der Waals surface area contributed by atoms with E-state index in [0.717, 1.165) is 0 Å². The van der Waals surface area contributed by atoms with Crippen LogP contribution in [0.4, 0.5) is 149 Å². The van der Waals surface area contributed by atoms with Gasteiger partial charge in [0.15, 0.2) is 0 Å². The molecule has 0 radical (unpaired) electrons. The van der Waals surface area contributed by atoms with Crippen LogP contribution in [0.25, 0.3) is 0 Å². The molecule has 0 fully saturated rings. The maximum Gasteiger partial charge on any atom is 0.472 e. The Morgan fingerprint density at radius 1 is 0.306 bits per heavy atom. The van der Waals surface area contributed by atoms with Gasteiger partial charge >= 0.3 is 103 Å². The summed E-state index contributed by atoms with van der Waals surface area (Å²) in [6, 6.07) is 0. The molecular formula is C43H56F34NO6P. The molecule has 0 heterocycles. The Kier molecular flexibility index (Phi) is 29.3. The van der Waals surface area contributed by atoms with Crippen LogP contribution >= 0.6 is 7.82 Å². The number of phosphoric ester groups is 1. The van der Waals surface area contributed by atoms with Crippen LogP contribution in [0.1, 0.15) is 128 Å². The second-order valence-corrected chi connectivity index (χ2v) is 20.6. The van der Waals surface area contributed by atoms with E-state index in [1.165, 1.54) is 0 Å². The zero-order chi connectivity index (χ0) is 67.3. The van der Waals surface area contributed by atoms with E-state index in [-0.39, 0.29) is 58.5 Å². The van der Waals surface area contributed by atoms with Gasteiger partial charge in [-0.2, -0.15) is 149 Å². The highest BCUT2D eigenvalue weighted by Crippen LogP contribution is 2.66. The highest BCUT2D eigenvalue weighted by molar-refractivity contribution is 7.47. The van der Waals surface area contributed by atoms with Gasteiger partial charge in [-0.15, -0.1) is 0 Å². The van der Waals surface area contributed by atoms with Crippen LogP contribution in [0, 0.1) is 0 Å². The Balaban J connectivity index is 4.95. The maximum atomic E-state index is 14.1. The first-order valence-corrected chi connectivity index (χ1v) is 26.3. The molecule has 0 aromatic carbocycles. The molecule has 42 heteroatoms. The largest absolute Gasteiger partial charge is 0.472 e. The molecule has 0 spiro atoms. The normalized spacial score (nSPS) is 16.3. The van der Waals surface area contributed by atoms with Crippen molar-refractivity contribution in [2.24, 2.45) is 5.73 Å². The molecule has 3 N–H and O–H groups in total. The van der Waals surface area contributed by atoms with Gasteiger partial charge in [0.25, 0.3) is 0 Å². The van der Waals surface area contributed by atoms with Gasteiger partial charge in [0.2, 0.25) is 0 Å². The fourth-order valence-electron chi connectivity index (χ4n) is 7.17. The third kappa shape index (κ3) is 18.4. The maximum absolute atomic E-state index is 14.1. The highest BCUT2D eigenvalue weighted by Gasteiger charge is 2.97. The van der Waals surface area contributed by atoms with Crippen LogP contribution in [0.2, 0.25) is 0 Å². The van der Waals surface area contributed by atoms with Gasteiger partial charge in [0.05, 0.1) is 19.8 Å². The zero-order valence-corrected chi connectivity index (χ0v) is 44.2. The minimum Gasteiger partial charge on any atom is -0.379 e. The first kappa shape index (κ1) is 82.6. The molecule has 0 aliphatic rings. The van der Waals surface area contributed by atoms with E-state index in [0.29, 0.717) is 57.8 Å². The molecule has 85 heavy (non-hydrogen) atoms. The van der Waals surface area contributed by atoms with Crippen molar-refractivity contribution in [1.29, 1.82) is 0 Å². The SMILES string of the molecule is NCCOP(=O)(O)OC[C@H](COCCCCCCCCCCCC(F)(F)C(F)(F)C(F)(F)C(F)(F)C(F)(F)C(F)(F)C(F)(F)C(F)(F)F)OCCCCCCCCCCCC(F)(F)C(F)(F)C(F)(F)C(F)(F)C(F)(F)C(F)(F)C(F)(F)C(F)(F)F. The standard InChI is InChI=1S/C43H56F34NO6P/c44-28(45,30(48,49)32(52,53)34(56,57)36(60,61)38(64,65)40(68,69)42(72,73)74)19-15-11-7-3-1-5-9-13-17-22-81-25-27(26-84-85(79,80)83-24-21-78)82-23-18-14-10-6-2-4-8-12-16-20-29(46,47)31(50,51)33(54,55)35(58,59)37(62,63)39(66,67)41(70,71)43(75,76)77/h27H,1-26,78H2,(H,79,80)/t27-/m0/s1. The minimum atomic E-state index is -8.71. The molecule has 0 aromatic heterocycles. The minimum absolute atomic E-state index is 0.0297. The van der Waals surface area contributed by atoms with Crippen molar-refractivity contribution in [3.05, 3.63) is 0 Å². The Morgan fingerprint density at radius 2 is 0.553 bits per heavy atom. The molecule has 0 aliphatic heterocycles. The second kappa shape index (κ2) is 30.2. The number of hydrogen-bond acceptors (Lipinski definition) is 6. The third-order valence-electron chi connectivity index (χ3n) is 12.4. The number of halogens is 34. The number of nitrogens with two attached hydrogens (primary N) is 1. The number of ether oxygens (including phenoxy) is 2. The van der Waals surface area contributed by atoms with Gasteiger partial charge in [-0.1, -0.05) is 89.9 Å². The Bertz CT molecular complexity index is 2020. The summed E-state index contributed by atoms with van der Waals surface area (Å²) in [7, 11) is -4.64. The van der Waals surface area contributed by atoms with Crippen LogP contribution in [-0.4, -0.2) is 146 Å². The summed E-state index contributed by atoms with van der Waals surface area (Å²) in [5, 5.41) is 0. The number of rotatable bonds is 45. The van der Waals surface area contributed by atoms with E-state index in [2.05, 4.69) is 4.52 Å². The van der Waals surface area contributed by atoms with Crippen LogP contribution in [0.3, 0.4) is 0 Å². The van der Waals surface area contributed by atoms with Gasteiger partial charge in [-0.3, -0.25) is 9.05 Å². The number of phosphoric acid groups is 1. The molecule has 512 valence electrons. The molecule has 0 saturated carbocycles. The summed E-state index contributed by atoms with van der Waals surface area (Å²) in [5.41, 5.74) is 5.20. The van der Waals surface area contributed by atoms with Crippen molar-refractivity contribution < 1.29 is 177 Å². The molecule has 0 saturated heterocycles. The van der Waals surface area contributed by atoms with Crippen molar-refractivity contribution in [1.82, 2.24) is 0 Å². The van der Waals surface area contributed by atoms with Crippen molar-refractivity contribution in [3.63, 3.8) is 0 Å². The van der Waals surface area contributed by atoms with E-state index >= 15 is 0 Å². The number of alkyl halides is 34. The summed E-state index contributed by atoms with van der Waals surface area (Å²) in [6.07, 6.45) is -21.7. The Labute approximate surface area is 460 Å². The van der Waals surface area contributed by atoms with Gasteiger partial charge in [-0.05, 0) is 25.7 Å². The Hall–Kier alpha value is -2.39.